The van der Waals surface area contributed by atoms with Crippen LogP contribution in [-0.2, 0) is 10.0 Å². The molecule has 0 spiro atoms. The highest BCUT2D eigenvalue weighted by Gasteiger charge is 2.27. The van der Waals surface area contributed by atoms with Crippen LogP contribution in [0, 0.1) is 6.92 Å². The molecule has 1 amide bonds. The van der Waals surface area contributed by atoms with Gasteiger partial charge in [-0.2, -0.15) is 4.31 Å². The molecule has 29 heavy (non-hydrogen) atoms. The Kier molecular flexibility index (Phi) is 5.49. The highest BCUT2D eigenvalue weighted by atomic mass is 32.2. The van der Waals surface area contributed by atoms with Gasteiger partial charge in [-0.25, -0.2) is 13.4 Å². The molecule has 0 bridgehead atoms. The minimum absolute atomic E-state index is 0.145. The molecular weight excluding hydrogens is 406 g/mol. The van der Waals surface area contributed by atoms with E-state index in [0.717, 1.165) is 24.1 Å². The van der Waals surface area contributed by atoms with Crippen LogP contribution in [0.25, 0.3) is 11.3 Å². The van der Waals surface area contributed by atoms with Crippen LogP contribution < -0.4 is 5.32 Å². The number of sulfonamides is 1. The minimum Gasteiger partial charge on any atom is -0.298 e. The van der Waals surface area contributed by atoms with Crippen molar-refractivity contribution in [2.24, 2.45) is 0 Å². The van der Waals surface area contributed by atoms with E-state index in [4.69, 9.17) is 0 Å². The monoisotopic (exact) mass is 427 g/mol. The lowest BCUT2D eigenvalue weighted by molar-refractivity contribution is 0.102. The summed E-state index contributed by atoms with van der Waals surface area (Å²) in [4.78, 5) is 17.3. The summed E-state index contributed by atoms with van der Waals surface area (Å²) in [6, 6.07) is 14.2. The van der Waals surface area contributed by atoms with Crippen molar-refractivity contribution >= 4 is 32.4 Å². The van der Waals surface area contributed by atoms with E-state index < -0.39 is 10.0 Å². The summed E-state index contributed by atoms with van der Waals surface area (Å²) in [5.41, 5.74) is 3.22. The van der Waals surface area contributed by atoms with Gasteiger partial charge in [-0.1, -0.05) is 35.9 Å². The maximum atomic E-state index is 12.7. The van der Waals surface area contributed by atoms with Gasteiger partial charge in [0.1, 0.15) is 0 Å². The zero-order chi connectivity index (χ0) is 20.4. The van der Waals surface area contributed by atoms with Crippen LogP contribution in [0.1, 0.15) is 28.8 Å². The molecule has 1 aliphatic heterocycles. The first-order chi connectivity index (χ1) is 13.9. The molecule has 0 radical (unpaired) electrons. The maximum Gasteiger partial charge on any atom is 0.257 e. The number of carbonyl (C=O) groups is 1. The quantitative estimate of drug-likeness (QED) is 0.663. The lowest BCUT2D eigenvalue weighted by atomic mass is 10.1. The van der Waals surface area contributed by atoms with Gasteiger partial charge in [0.05, 0.1) is 10.6 Å². The van der Waals surface area contributed by atoms with Gasteiger partial charge in [0, 0.05) is 29.6 Å². The van der Waals surface area contributed by atoms with Crippen LogP contribution in [0.15, 0.2) is 58.8 Å². The van der Waals surface area contributed by atoms with E-state index >= 15 is 0 Å². The Morgan fingerprint density at radius 1 is 1.10 bits per heavy atom. The molecule has 1 saturated heterocycles. The molecule has 6 nitrogen and oxygen atoms in total. The second-order valence-corrected chi connectivity index (χ2v) is 9.79. The number of hydrogen-bond donors (Lipinski definition) is 1. The van der Waals surface area contributed by atoms with E-state index in [1.54, 1.807) is 12.1 Å². The van der Waals surface area contributed by atoms with Gasteiger partial charge in [0.15, 0.2) is 5.13 Å². The number of nitrogens with one attached hydrogen (secondary N) is 1. The van der Waals surface area contributed by atoms with Crippen molar-refractivity contribution in [1.82, 2.24) is 9.29 Å². The number of aromatic nitrogens is 1. The van der Waals surface area contributed by atoms with Gasteiger partial charge >= 0.3 is 0 Å². The Bertz CT molecular complexity index is 1130. The summed E-state index contributed by atoms with van der Waals surface area (Å²) in [6.07, 6.45) is 1.74. The Hall–Kier alpha value is -2.55. The van der Waals surface area contributed by atoms with Gasteiger partial charge < -0.3 is 0 Å². The zero-order valence-electron chi connectivity index (χ0n) is 16.0. The standard InChI is InChI=1S/C21H21N3O3S2/c1-15-7-9-16(10-8-15)19-14-28-21(22-19)23-20(25)17-5-4-6-18(13-17)29(26,27)24-11-2-3-12-24/h4-10,13-14H,2-3,11-12H2,1H3,(H,22,23,25). The normalized spacial score (nSPS) is 14.8. The fraction of sp³-hybridized carbons (Fsp3) is 0.238. The van der Waals surface area contributed by atoms with Crippen molar-refractivity contribution in [2.75, 3.05) is 18.4 Å². The highest BCUT2D eigenvalue weighted by molar-refractivity contribution is 7.89. The number of carbonyl (C=O) groups excluding carboxylic acids is 1. The van der Waals surface area contributed by atoms with E-state index in [1.165, 1.54) is 33.3 Å². The molecule has 2 aromatic carbocycles. The number of nitrogens with zero attached hydrogens (tertiary/aromatic N) is 2. The van der Waals surface area contributed by atoms with Crippen LogP contribution in [-0.4, -0.2) is 36.7 Å². The van der Waals surface area contributed by atoms with Crippen LogP contribution in [0.5, 0.6) is 0 Å². The Morgan fingerprint density at radius 3 is 2.55 bits per heavy atom. The minimum atomic E-state index is -3.56. The molecule has 1 aliphatic rings. The van der Waals surface area contributed by atoms with Gasteiger partial charge in [-0.15, -0.1) is 11.3 Å². The predicted octanol–water partition coefficient (Wildman–Crippen LogP) is 4.16. The molecule has 0 unspecified atom stereocenters. The molecule has 0 atom stereocenters. The van der Waals surface area contributed by atoms with E-state index in [9.17, 15) is 13.2 Å². The fourth-order valence-electron chi connectivity index (χ4n) is 3.23. The zero-order valence-corrected chi connectivity index (χ0v) is 17.6. The van der Waals surface area contributed by atoms with Gasteiger partial charge in [-0.05, 0) is 38.0 Å². The number of hydrogen-bond acceptors (Lipinski definition) is 5. The third kappa shape index (κ3) is 4.24. The van der Waals surface area contributed by atoms with Gasteiger partial charge in [0.2, 0.25) is 10.0 Å². The summed E-state index contributed by atoms with van der Waals surface area (Å²) >= 11 is 1.33. The number of amides is 1. The molecule has 0 saturated carbocycles. The van der Waals surface area contributed by atoms with Crippen molar-refractivity contribution in [3.05, 3.63) is 65.0 Å². The van der Waals surface area contributed by atoms with E-state index in [-0.39, 0.29) is 16.4 Å². The molecule has 1 N–H and O–H groups in total. The fourth-order valence-corrected chi connectivity index (χ4v) is 5.51. The third-order valence-corrected chi connectivity index (χ3v) is 7.52. The molecule has 3 aromatic rings. The Balaban J connectivity index is 1.51. The average molecular weight is 428 g/mol. The van der Waals surface area contributed by atoms with E-state index in [2.05, 4.69) is 10.3 Å². The van der Waals surface area contributed by atoms with Crippen LogP contribution in [0.4, 0.5) is 5.13 Å². The van der Waals surface area contributed by atoms with Crippen molar-refractivity contribution < 1.29 is 13.2 Å². The number of rotatable bonds is 5. The Morgan fingerprint density at radius 2 is 1.83 bits per heavy atom. The third-order valence-electron chi connectivity index (χ3n) is 4.87. The first-order valence-electron chi connectivity index (χ1n) is 9.38. The first-order valence-corrected chi connectivity index (χ1v) is 11.7. The summed E-state index contributed by atoms with van der Waals surface area (Å²) in [5, 5.41) is 5.12. The topological polar surface area (TPSA) is 79.4 Å². The smallest absolute Gasteiger partial charge is 0.257 e. The maximum absolute atomic E-state index is 12.7. The van der Waals surface area contributed by atoms with Crippen molar-refractivity contribution in [1.29, 1.82) is 0 Å². The second-order valence-electron chi connectivity index (χ2n) is 7.00. The van der Waals surface area contributed by atoms with Crippen LogP contribution in [0.2, 0.25) is 0 Å². The summed E-state index contributed by atoms with van der Waals surface area (Å²) < 4.78 is 26.9. The van der Waals surface area contributed by atoms with E-state index in [0.29, 0.717) is 18.2 Å². The molecule has 150 valence electrons. The van der Waals surface area contributed by atoms with Crippen LogP contribution >= 0.6 is 11.3 Å². The van der Waals surface area contributed by atoms with Crippen molar-refractivity contribution in [3.63, 3.8) is 0 Å². The molecule has 1 fully saturated rings. The van der Waals surface area contributed by atoms with Crippen molar-refractivity contribution in [2.45, 2.75) is 24.7 Å². The molecular formula is C21H21N3O3S2. The lowest BCUT2D eigenvalue weighted by Crippen LogP contribution is -2.28. The predicted molar refractivity (Wildman–Crippen MR) is 115 cm³/mol. The molecule has 0 aliphatic carbocycles. The number of aryl methyl sites for hydroxylation is 1. The second kappa shape index (κ2) is 8.06. The largest absolute Gasteiger partial charge is 0.298 e. The summed E-state index contributed by atoms with van der Waals surface area (Å²) in [6.45, 7) is 3.08. The SMILES string of the molecule is Cc1ccc(-c2csc(NC(=O)c3cccc(S(=O)(=O)N4CCCC4)c3)n2)cc1. The number of anilines is 1. The van der Waals surface area contributed by atoms with Gasteiger partial charge in [-0.3, -0.25) is 10.1 Å². The molecule has 4 rings (SSSR count). The summed E-state index contributed by atoms with van der Waals surface area (Å²) in [7, 11) is -3.56. The number of thiazole rings is 1. The number of benzene rings is 2. The average Bonchev–Trinajstić information content (AvgIpc) is 3.41. The molecule has 1 aromatic heterocycles. The van der Waals surface area contributed by atoms with E-state index in [1.807, 2.05) is 36.6 Å². The van der Waals surface area contributed by atoms with Crippen LogP contribution in [0.3, 0.4) is 0 Å². The first kappa shape index (κ1) is 19.8. The van der Waals surface area contributed by atoms with Crippen molar-refractivity contribution in [3.8, 4) is 11.3 Å². The molecule has 2 heterocycles. The molecule has 8 heteroatoms. The summed E-state index contributed by atoms with van der Waals surface area (Å²) in [5.74, 6) is -0.381. The Labute approximate surface area is 174 Å². The van der Waals surface area contributed by atoms with Gasteiger partial charge in [0.25, 0.3) is 5.91 Å². The highest BCUT2D eigenvalue weighted by Crippen LogP contribution is 2.26. The lowest BCUT2D eigenvalue weighted by Gasteiger charge is -2.15.